The zero-order valence-corrected chi connectivity index (χ0v) is 23.2. The smallest absolute Gasteiger partial charge is 0.266 e. The number of carbonyl (C=O) groups excluding carboxylic acids is 2. The number of halogens is 1. The summed E-state index contributed by atoms with van der Waals surface area (Å²) in [5.41, 5.74) is 2.22. The number of ether oxygens (including phenoxy) is 2. The van der Waals surface area contributed by atoms with Gasteiger partial charge < -0.3 is 19.7 Å². The van der Waals surface area contributed by atoms with Crippen molar-refractivity contribution in [2.45, 2.75) is 31.7 Å². The van der Waals surface area contributed by atoms with Crippen LogP contribution in [0.15, 0.2) is 76.3 Å². The highest BCUT2D eigenvalue weighted by Crippen LogP contribution is 2.39. The number of nitrogens with one attached hydrogen (secondary N) is 3. The summed E-state index contributed by atoms with van der Waals surface area (Å²) in [6, 6.07) is 17.8. The van der Waals surface area contributed by atoms with Crippen LogP contribution < -0.4 is 25.9 Å². The maximum Gasteiger partial charge on any atom is 0.266 e. The van der Waals surface area contributed by atoms with E-state index in [0.717, 1.165) is 22.8 Å². The van der Waals surface area contributed by atoms with Crippen LogP contribution in [0, 0.1) is 5.82 Å². The van der Waals surface area contributed by atoms with Crippen LogP contribution in [0.25, 0.3) is 0 Å². The van der Waals surface area contributed by atoms with Gasteiger partial charge in [0.05, 0.1) is 25.5 Å². The van der Waals surface area contributed by atoms with E-state index < -0.39 is 23.0 Å². The Kier molecular flexibility index (Phi) is 7.78. The molecule has 1 aromatic heterocycles. The van der Waals surface area contributed by atoms with Crippen molar-refractivity contribution in [2.24, 2.45) is 0 Å². The Bertz CT molecular complexity index is 1820. The zero-order valence-electron chi connectivity index (χ0n) is 23.2. The topological polar surface area (TPSA) is 134 Å². The monoisotopic (exact) mass is 584 g/mol. The maximum absolute atomic E-state index is 14.7. The Labute approximate surface area is 245 Å². The van der Waals surface area contributed by atoms with E-state index in [2.05, 4.69) is 15.5 Å². The second kappa shape index (κ2) is 12.0. The van der Waals surface area contributed by atoms with Gasteiger partial charge in [0.15, 0.2) is 11.6 Å². The molecule has 0 fully saturated rings. The molecule has 3 aliphatic rings. The molecule has 0 saturated carbocycles. The first-order valence-corrected chi connectivity index (χ1v) is 14.0. The van der Waals surface area contributed by atoms with Gasteiger partial charge in [0.25, 0.3) is 11.1 Å². The van der Waals surface area contributed by atoms with E-state index in [9.17, 15) is 23.6 Å². The maximum atomic E-state index is 14.7. The predicted molar refractivity (Wildman–Crippen MR) is 155 cm³/mol. The number of hydrogen-bond donors (Lipinski definition) is 3. The minimum absolute atomic E-state index is 0.0106. The van der Waals surface area contributed by atoms with Crippen LogP contribution in [-0.2, 0) is 28.9 Å². The molecular weight excluding hydrogens is 555 g/mol. The number of rotatable bonds is 2. The van der Waals surface area contributed by atoms with Crippen molar-refractivity contribution in [1.29, 1.82) is 0 Å². The molecule has 4 aromatic rings. The second-order valence-corrected chi connectivity index (χ2v) is 10.6. The van der Waals surface area contributed by atoms with Crippen LogP contribution in [-0.4, -0.2) is 46.6 Å². The van der Waals surface area contributed by atoms with Gasteiger partial charge in [-0.1, -0.05) is 24.3 Å². The first-order chi connectivity index (χ1) is 20.8. The lowest BCUT2D eigenvalue weighted by atomic mass is 9.87. The van der Waals surface area contributed by atoms with Crippen LogP contribution >= 0.6 is 0 Å². The molecule has 8 bridgehead atoms. The average molecular weight is 585 g/mol. The molecule has 220 valence electrons. The van der Waals surface area contributed by atoms with Crippen molar-refractivity contribution in [2.75, 3.05) is 19.7 Å². The van der Waals surface area contributed by atoms with Crippen molar-refractivity contribution in [3.05, 3.63) is 121 Å². The van der Waals surface area contributed by atoms with E-state index in [1.165, 1.54) is 12.1 Å². The number of H-pyrrole nitrogens is 2. The van der Waals surface area contributed by atoms with Crippen LogP contribution in [0.1, 0.15) is 40.3 Å². The third kappa shape index (κ3) is 6.20. The summed E-state index contributed by atoms with van der Waals surface area (Å²) in [5, 5.41) is 7.34. The lowest BCUT2D eigenvalue weighted by molar-refractivity contribution is -0.132. The lowest BCUT2D eigenvalue weighted by Gasteiger charge is -2.38. The number of aromatic amines is 2. The molecule has 1 unspecified atom stereocenters. The highest BCUT2D eigenvalue weighted by molar-refractivity contribution is 5.80. The molecule has 3 N–H and O–H groups in total. The van der Waals surface area contributed by atoms with Crippen molar-refractivity contribution in [1.82, 2.24) is 20.4 Å². The number of hydrogen-bond acceptors (Lipinski definition) is 6. The molecule has 1 atom stereocenters. The Morgan fingerprint density at radius 2 is 1.86 bits per heavy atom. The molecule has 0 spiro atoms. The minimum Gasteiger partial charge on any atom is -0.494 e. The molecule has 0 saturated heterocycles. The summed E-state index contributed by atoms with van der Waals surface area (Å²) < 4.78 is 26.6. The van der Waals surface area contributed by atoms with Gasteiger partial charge in [0.2, 0.25) is 11.8 Å². The van der Waals surface area contributed by atoms with Crippen molar-refractivity contribution < 1.29 is 23.5 Å². The summed E-state index contributed by atoms with van der Waals surface area (Å²) in [7, 11) is 0. The second-order valence-electron chi connectivity index (χ2n) is 10.6. The summed E-state index contributed by atoms with van der Waals surface area (Å²) in [5.74, 6) is -0.0136. The average Bonchev–Trinajstić information content (AvgIpc) is 2.99. The normalized spacial score (nSPS) is 16.6. The summed E-state index contributed by atoms with van der Waals surface area (Å²) >= 11 is 0. The highest BCUT2D eigenvalue weighted by Gasteiger charge is 2.33. The van der Waals surface area contributed by atoms with Gasteiger partial charge in [-0.3, -0.25) is 29.4 Å². The Morgan fingerprint density at radius 1 is 0.977 bits per heavy atom. The lowest BCUT2D eigenvalue weighted by Crippen LogP contribution is -2.42. The minimum atomic E-state index is -0.550. The molecule has 43 heavy (non-hydrogen) atoms. The van der Waals surface area contributed by atoms with E-state index in [0.29, 0.717) is 49.6 Å². The van der Waals surface area contributed by atoms with Gasteiger partial charge in [-0.25, -0.2) is 4.39 Å². The quantitative estimate of drug-likeness (QED) is 0.332. The predicted octanol–water partition coefficient (Wildman–Crippen LogP) is 3.15. The van der Waals surface area contributed by atoms with Gasteiger partial charge >= 0.3 is 0 Å². The van der Waals surface area contributed by atoms with E-state index in [4.69, 9.17) is 9.47 Å². The SMILES string of the molecule is O=C1Cc2ccc(F)c(c2)Oc2ccc3c(c2)CCN(C(=O)Cc2cc(=O)[nH][nH]c2=O)C3c2cccc(c2)OCCCN1. The molecule has 10 nitrogen and oxygen atoms in total. The zero-order chi connectivity index (χ0) is 29.9. The molecule has 3 aliphatic heterocycles. The third-order valence-corrected chi connectivity index (χ3v) is 7.57. The number of carbonyl (C=O) groups is 2. The molecule has 3 aromatic carbocycles. The number of benzene rings is 3. The van der Waals surface area contributed by atoms with E-state index in [1.54, 1.807) is 17.0 Å². The van der Waals surface area contributed by atoms with Crippen LogP contribution in [0.2, 0.25) is 0 Å². The fraction of sp³-hybridized carbons (Fsp3) is 0.250. The first kappa shape index (κ1) is 28.0. The Morgan fingerprint density at radius 3 is 2.74 bits per heavy atom. The van der Waals surface area contributed by atoms with Crippen molar-refractivity contribution >= 4 is 11.8 Å². The van der Waals surface area contributed by atoms with Crippen molar-refractivity contribution in [3.8, 4) is 17.2 Å². The summed E-state index contributed by atoms with van der Waals surface area (Å²) in [4.78, 5) is 52.0. The summed E-state index contributed by atoms with van der Waals surface area (Å²) in [6.45, 7) is 1.10. The largest absolute Gasteiger partial charge is 0.494 e. The van der Waals surface area contributed by atoms with E-state index in [1.807, 2.05) is 36.4 Å². The van der Waals surface area contributed by atoms with Crippen molar-refractivity contribution in [3.63, 3.8) is 0 Å². The molecule has 11 heteroatoms. The molecular formula is C32H29FN4O6. The van der Waals surface area contributed by atoms with Gasteiger partial charge in [-0.05, 0) is 71.5 Å². The van der Waals surface area contributed by atoms with Gasteiger partial charge in [-0.15, -0.1) is 0 Å². The fourth-order valence-corrected chi connectivity index (χ4v) is 5.52. The summed E-state index contributed by atoms with van der Waals surface area (Å²) in [6.07, 6.45) is 0.888. The molecule has 4 heterocycles. The molecule has 0 radical (unpaired) electrons. The number of nitrogens with zero attached hydrogens (tertiary/aromatic N) is 1. The third-order valence-electron chi connectivity index (χ3n) is 7.57. The first-order valence-electron chi connectivity index (χ1n) is 14.0. The standard InChI is InChI=1S/C32H29FN4O6/c33-26-8-5-19-13-27(26)43-24-6-7-25-20(15-24)9-11-37(30(40)18-22-17-29(39)35-36-32(22)41)31(25)21-3-1-4-23(16-21)42-12-2-10-34-28(38)14-19/h1,3-8,13,15-17,31H,2,9-12,14,18H2,(H,34,38)(H,35,39)(H,36,41). The molecule has 7 rings (SSSR count). The van der Waals surface area contributed by atoms with Gasteiger partial charge in [0.1, 0.15) is 11.5 Å². The van der Waals surface area contributed by atoms with Gasteiger partial charge in [-0.2, -0.15) is 0 Å². The number of aromatic nitrogens is 2. The van der Waals surface area contributed by atoms with Crippen LogP contribution in [0.5, 0.6) is 17.2 Å². The van der Waals surface area contributed by atoms with Gasteiger partial charge in [0, 0.05) is 24.7 Å². The van der Waals surface area contributed by atoms with E-state index in [-0.39, 0.29) is 36.0 Å². The van der Waals surface area contributed by atoms with Crippen LogP contribution in [0.3, 0.4) is 0 Å². The van der Waals surface area contributed by atoms with E-state index >= 15 is 0 Å². The number of amides is 2. The van der Waals surface area contributed by atoms with Crippen LogP contribution in [0.4, 0.5) is 4.39 Å². The number of fused-ring (bicyclic) bond motifs is 7. The molecule has 2 amide bonds. The Balaban J connectivity index is 1.40. The molecule has 0 aliphatic carbocycles. The highest BCUT2D eigenvalue weighted by atomic mass is 19.1. The Hall–Kier alpha value is -5.19. The fourth-order valence-electron chi connectivity index (χ4n) is 5.52.